The molecule has 0 bridgehead atoms. The van der Waals surface area contributed by atoms with E-state index in [0.717, 1.165) is 49.3 Å². The van der Waals surface area contributed by atoms with Crippen LogP contribution in [0.2, 0.25) is 0 Å². The van der Waals surface area contributed by atoms with Gasteiger partial charge in [0.05, 0.1) is 28.6 Å². The zero-order valence-corrected chi connectivity index (χ0v) is 25.3. The molecule has 2 aliphatic heterocycles. The fourth-order valence-corrected chi connectivity index (χ4v) is 7.31. The quantitative estimate of drug-likeness (QED) is 0.286. The average Bonchev–Trinajstić information content (AvgIpc) is 3.05. The molecule has 8 nitrogen and oxygen atoms in total. The number of piperazine rings is 1. The predicted molar refractivity (Wildman–Crippen MR) is 152 cm³/mol. The third-order valence-corrected chi connectivity index (χ3v) is 10.2. The molecule has 0 aromatic heterocycles. The molecule has 1 aromatic rings. The molecule has 0 N–H and O–H groups in total. The summed E-state index contributed by atoms with van der Waals surface area (Å²) in [6.45, 7) is 11.6. The van der Waals surface area contributed by atoms with Gasteiger partial charge in [0.2, 0.25) is 10.0 Å². The van der Waals surface area contributed by atoms with Gasteiger partial charge in [-0.2, -0.15) is 22.7 Å². The van der Waals surface area contributed by atoms with Gasteiger partial charge in [0.25, 0.3) is 5.91 Å². The van der Waals surface area contributed by atoms with Gasteiger partial charge in [0, 0.05) is 31.7 Å². The standard InChI is InChI=1S/C27H38F3N5O3S2/c1-6-40(37,38)34-18-19(2)32(17-20(34)3)13-9-7-8-10-14-33-25(39)35(24(36)26(33,4)5)22-12-11-21(16-31)23(15-22)27(28,29)30/h11-12,15,19-20H,6-10,13-14,17-18H2,1-5H3/t19-,20+/m1/s1. The summed E-state index contributed by atoms with van der Waals surface area (Å²) in [6, 6.07) is 4.81. The van der Waals surface area contributed by atoms with E-state index in [1.165, 1.54) is 6.07 Å². The highest BCUT2D eigenvalue weighted by molar-refractivity contribution is 7.89. The molecule has 0 unspecified atom stereocenters. The SMILES string of the molecule is CCS(=O)(=O)N1C[C@@H](C)N(CCCCCCN2C(=S)N(c3ccc(C#N)c(C(F)(F)F)c3)C(=O)C2(C)C)C[C@@H]1C. The Hall–Kier alpha value is -2.27. The minimum atomic E-state index is -4.74. The molecule has 2 atom stereocenters. The lowest BCUT2D eigenvalue weighted by Gasteiger charge is -2.43. The van der Waals surface area contributed by atoms with Crippen LogP contribution in [-0.4, -0.2) is 83.1 Å². The van der Waals surface area contributed by atoms with Crippen molar-refractivity contribution < 1.29 is 26.4 Å². The van der Waals surface area contributed by atoms with Crippen LogP contribution in [0.15, 0.2) is 18.2 Å². The highest BCUT2D eigenvalue weighted by atomic mass is 32.2. The van der Waals surface area contributed by atoms with Crippen molar-refractivity contribution >= 4 is 38.9 Å². The number of alkyl halides is 3. The van der Waals surface area contributed by atoms with Crippen LogP contribution in [0.4, 0.5) is 18.9 Å². The molecule has 1 amide bonds. The molecule has 2 saturated heterocycles. The Kier molecular flexibility index (Phi) is 9.92. The van der Waals surface area contributed by atoms with Crippen molar-refractivity contribution in [3.63, 3.8) is 0 Å². The molecule has 13 heteroatoms. The van der Waals surface area contributed by atoms with E-state index in [2.05, 4.69) is 11.8 Å². The first-order valence-corrected chi connectivity index (χ1v) is 15.6. The Labute approximate surface area is 240 Å². The van der Waals surface area contributed by atoms with Gasteiger partial charge in [-0.1, -0.05) is 12.8 Å². The van der Waals surface area contributed by atoms with Gasteiger partial charge in [0.15, 0.2) is 5.11 Å². The summed E-state index contributed by atoms with van der Waals surface area (Å²) in [5, 5.41) is 9.23. The maximum Gasteiger partial charge on any atom is 0.417 e. The fourth-order valence-electron chi connectivity index (χ4n) is 5.41. The Balaban J connectivity index is 1.55. The number of anilines is 1. The number of carbonyl (C=O) groups is 1. The lowest BCUT2D eigenvalue weighted by atomic mass is 10.0. The second-order valence-electron chi connectivity index (χ2n) is 11.1. The molecule has 3 rings (SSSR count). The van der Waals surface area contributed by atoms with E-state index in [9.17, 15) is 26.4 Å². The van der Waals surface area contributed by atoms with Gasteiger partial charge in [-0.3, -0.25) is 14.6 Å². The fraction of sp³-hybridized carbons (Fsp3) is 0.667. The highest BCUT2D eigenvalue weighted by Gasteiger charge is 2.49. The number of sulfonamides is 1. The summed E-state index contributed by atoms with van der Waals surface area (Å²) in [4.78, 5) is 18.5. The number of thiocarbonyl (C=S) groups is 1. The number of nitriles is 1. The lowest BCUT2D eigenvalue weighted by Crippen LogP contribution is -2.58. The van der Waals surface area contributed by atoms with Crippen molar-refractivity contribution in [1.82, 2.24) is 14.1 Å². The number of hydrogen-bond acceptors (Lipinski definition) is 6. The second kappa shape index (κ2) is 12.3. The molecule has 0 aliphatic carbocycles. The molecule has 0 spiro atoms. The van der Waals surface area contributed by atoms with E-state index < -0.39 is 38.8 Å². The van der Waals surface area contributed by atoms with Crippen LogP contribution in [0, 0.1) is 11.3 Å². The highest BCUT2D eigenvalue weighted by Crippen LogP contribution is 2.38. The van der Waals surface area contributed by atoms with Crippen molar-refractivity contribution in [2.45, 2.75) is 84.1 Å². The molecule has 40 heavy (non-hydrogen) atoms. The van der Waals surface area contributed by atoms with Crippen LogP contribution in [-0.2, 0) is 21.0 Å². The molecule has 0 radical (unpaired) electrons. The smallest absolute Gasteiger partial charge is 0.334 e. The number of carbonyl (C=O) groups excluding carboxylic acids is 1. The minimum absolute atomic E-state index is 0.00733. The van der Waals surface area contributed by atoms with E-state index in [4.69, 9.17) is 17.5 Å². The summed E-state index contributed by atoms with van der Waals surface area (Å²) in [5.41, 5.74) is -2.64. The van der Waals surface area contributed by atoms with Crippen molar-refractivity contribution in [3.05, 3.63) is 29.3 Å². The van der Waals surface area contributed by atoms with Crippen LogP contribution in [0.3, 0.4) is 0 Å². The maximum absolute atomic E-state index is 13.5. The monoisotopic (exact) mass is 601 g/mol. The van der Waals surface area contributed by atoms with Crippen LogP contribution >= 0.6 is 12.2 Å². The maximum atomic E-state index is 13.5. The van der Waals surface area contributed by atoms with Gasteiger partial charge in [0.1, 0.15) is 5.54 Å². The summed E-state index contributed by atoms with van der Waals surface area (Å²) in [7, 11) is -3.22. The summed E-state index contributed by atoms with van der Waals surface area (Å²) in [5.74, 6) is -0.310. The Morgan fingerprint density at radius 2 is 1.70 bits per heavy atom. The van der Waals surface area contributed by atoms with Crippen molar-refractivity contribution in [2.75, 3.05) is 36.8 Å². The van der Waals surface area contributed by atoms with Crippen LogP contribution in [0.5, 0.6) is 0 Å². The van der Waals surface area contributed by atoms with Gasteiger partial charge >= 0.3 is 6.18 Å². The van der Waals surface area contributed by atoms with Crippen LogP contribution in [0.25, 0.3) is 0 Å². The van der Waals surface area contributed by atoms with E-state index in [1.54, 1.807) is 36.0 Å². The molecular formula is C27H38F3N5O3S2. The first-order valence-electron chi connectivity index (χ1n) is 13.6. The first-order chi connectivity index (χ1) is 18.6. The lowest BCUT2D eigenvalue weighted by molar-refractivity contribution is -0.137. The molecular weight excluding hydrogens is 563 g/mol. The summed E-state index contributed by atoms with van der Waals surface area (Å²) in [6.07, 6.45) is -1.22. The molecule has 0 saturated carbocycles. The first kappa shape index (κ1) is 32.2. The second-order valence-corrected chi connectivity index (χ2v) is 13.6. The third-order valence-electron chi connectivity index (χ3n) is 7.87. The average molecular weight is 602 g/mol. The van der Waals surface area contributed by atoms with Crippen LogP contribution in [0.1, 0.15) is 71.4 Å². The number of unbranched alkanes of at least 4 members (excludes halogenated alkanes) is 3. The van der Waals surface area contributed by atoms with Crippen LogP contribution < -0.4 is 4.90 Å². The number of halogens is 3. The van der Waals surface area contributed by atoms with Crippen molar-refractivity contribution in [3.8, 4) is 6.07 Å². The zero-order chi connectivity index (χ0) is 30.0. The normalized spacial score (nSPS) is 22.7. The van der Waals surface area contributed by atoms with Crippen molar-refractivity contribution in [2.24, 2.45) is 0 Å². The molecule has 2 fully saturated rings. The van der Waals surface area contributed by atoms with Crippen molar-refractivity contribution in [1.29, 1.82) is 5.26 Å². The topological polar surface area (TPSA) is 88.0 Å². The van der Waals surface area contributed by atoms with E-state index >= 15 is 0 Å². The van der Waals surface area contributed by atoms with Gasteiger partial charge < -0.3 is 4.90 Å². The third kappa shape index (κ3) is 6.61. The minimum Gasteiger partial charge on any atom is -0.334 e. The Morgan fingerprint density at radius 3 is 2.27 bits per heavy atom. The number of amides is 1. The Bertz CT molecular complexity index is 1260. The molecule has 1 aromatic carbocycles. The van der Waals surface area contributed by atoms with E-state index in [-0.39, 0.29) is 28.6 Å². The molecule has 2 heterocycles. The van der Waals surface area contributed by atoms with E-state index in [0.29, 0.717) is 19.6 Å². The summed E-state index contributed by atoms with van der Waals surface area (Å²) < 4.78 is 66.8. The number of benzene rings is 1. The molecule has 2 aliphatic rings. The number of hydrogen-bond donors (Lipinski definition) is 0. The largest absolute Gasteiger partial charge is 0.417 e. The Morgan fingerprint density at radius 1 is 1.07 bits per heavy atom. The van der Waals surface area contributed by atoms with Gasteiger partial charge in [-0.25, -0.2) is 8.42 Å². The van der Waals surface area contributed by atoms with E-state index in [1.807, 2.05) is 6.92 Å². The number of nitrogens with zero attached hydrogens (tertiary/aromatic N) is 5. The van der Waals surface area contributed by atoms with Gasteiger partial charge in [-0.15, -0.1) is 0 Å². The van der Waals surface area contributed by atoms with Gasteiger partial charge in [-0.05, 0) is 84.4 Å². The zero-order valence-electron chi connectivity index (χ0n) is 23.7. The number of rotatable bonds is 10. The predicted octanol–water partition coefficient (Wildman–Crippen LogP) is 4.59. The molecule has 222 valence electrons. The summed E-state index contributed by atoms with van der Waals surface area (Å²) >= 11 is 5.55.